The standard InChI is InChI=1S/C15H28N2O2/c18-15(19)7-11-17-10-5-6-14(13-17)12-16-8-3-1-2-4-9-16/h14H,1-13H2,(H,18,19)/t14-/m0/s1. The average Bonchev–Trinajstić information content (AvgIpc) is 2.65. The molecule has 19 heavy (non-hydrogen) atoms. The maximum absolute atomic E-state index is 10.6. The Hall–Kier alpha value is -0.610. The van der Waals surface area contributed by atoms with Gasteiger partial charge in [0.15, 0.2) is 0 Å². The van der Waals surface area contributed by atoms with Crippen LogP contribution in [0, 0.1) is 5.92 Å². The Labute approximate surface area is 116 Å². The number of likely N-dealkylation sites (tertiary alicyclic amines) is 2. The van der Waals surface area contributed by atoms with Crippen LogP contribution in [0.15, 0.2) is 0 Å². The van der Waals surface area contributed by atoms with Crippen LogP contribution in [0.4, 0.5) is 0 Å². The van der Waals surface area contributed by atoms with Gasteiger partial charge in [0, 0.05) is 19.6 Å². The number of carboxylic acid groups (broad SMARTS) is 1. The summed E-state index contributed by atoms with van der Waals surface area (Å²) < 4.78 is 0. The van der Waals surface area contributed by atoms with Crippen molar-refractivity contribution in [1.82, 2.24) is 9.80 Å². The molecule has 4 nitrogen and oxygen atoms in total. The van der Waals surface area contributed by atoms with Gasteiger partial charge in [0.05, 0.1) is 6.42 Å². The maximum Gasteiger partial charge on any atom is 0.304 e. The molecule has 0 radical (unpaired) electrons. The van der Waals surface area contributed by atoms with E-state index in [0.717, 1.165) is 25.6 Å². The molecule has 2 saturated heterocycles. The molecule has 0 amide bonds. The van der Waals surface area contributed by atoms with Gasteiger partial charge < -0.3 is 14.9 Å². The molecular weight excluding hydrogens is 240 g/mol. The highest BCUT2D eigenvalue weighted by Gasteiger charge is 2.22. The van der Waals surface area contributed by atoms with Crippen LogP contribution >= 0.6 is 0 Å². The van der Waals surface area contributed by atoms with Crippen molar-refractivity contribution in [2.75, 3.05) is 39.3 Å². The fourth-order valence-corrected chi connectivity index (χ4v) is 3.44. The smallest absolute Gasteiger partial charge is 0.304 e. The molecule has 0 aromatic rings. The van der Waals surface area contributed by atoms with E-state index in [2.05, 4.69) is 9.80 Å². The van der Waals surface area contributed by atoms with Crippen LogP contribution in [-0.2, 0) is 4.79 Å². The van der Waals surface area contributed by atoms with Gasteiger partial charge in [0.1, 0.15) is 0 Å². The first-order valence-corrected chi connectivity index (χ1v) is 7.90. The third kappa shape index (κ3) is 5.49. The molecule has 2 fully saturated rings. The van der Waals surface area contributed by atoms with Gasteiger partial charge in [-0.25, -0.2) is 0 Å². The first-order chi connectivity index (χ1) is 9.24. The Morgan fingerprint density at radius 3 is 2.37 bits per heavy atom. The van der Waals surface area contributed by atoms with Crippen LogP contribution in [0.5, 0.6) is 0 Å². The quantitative estimate of drug-likeness (QED) is 0.829. The fourth-order valence-electron chi connectivity index (χ4n) is 3.44. The third-order valence-corrected chi connectivity index (χ3v) is 4.46. The van der Waals surface area contributed by atoms with Crippen molar-refractivity contribution in [1.29, 1.82) is 0 Å². The number of carbonyl (C=O) groups is 1. The minimum absolute atomic E-state index is 0.288. The second-order valence-electron chi connectivity index (χ2n) is 6.17. The van der Waals surface area contributed by atoms with Gasteiger partial charge in [-0.15, -0.1) is 0 Å². The summed E-state index contributed by atoms with van der Waals surface area (Å²) in [6.07, 6.45) is 8.34. The molecule has 0 aliphatic carbocycles. The predicted molar refractivity (Wildman–Crippen MR) is 76.3 cm³/mol. The molecular formula is C15H28N2O2. The Morgan fingerprint density at radius 1 is 1.00 bits per heavy atom. The first-order valence-electron chi connectivity index (χ1n) is 7.90. The molecule has 110 valence electrons. The van der Waals surface area contributed by atoms with Crippen LogP contribution in [0.1, 0.15) is 44.9 Å². The number of carboxylic acids is 1. The molecule has 0 bridgehead atoms. The third-order valence-electron chi connectivity index (χ3n) is 4.46. The van der Waals surface area contributed by atoms with Crippen LogP contribution in [0.3, 0.4) is 0 Å². The highest BCUT2D eigenvalue weighted by Crippen LogP contribution is 2.19. The number of nitrogens with zero attached hydrogens (tertiary/aromatic N) is 2. The van der Waals surface area contributed by atoms with Gasteiger partial charge in [0.25, 0.3) is 0 Å². The minimum atomic E-state index is -0.672. The van der Waals surface area contributed by atoms with Crippen molar-refractivity contribution < 1.29 is 9.90 Å². The summed E-state index contributed by atoms with van der Waals surface area (Å²) in [5.41, 5.74) is 0. The van der Waals surface area contributed by atoms with Gasteiger partial charge in [-0.2, -0.15) is 0 Å². The summed E-state index contributed by atoms with van der Waals surface area (Å²) in [7, 11) is 0. The molecule has 2 heterocycles. The van der Waals surface area contributed by atoms with E-state index in [1.807, 2.05) is 0 Å². The number of rotatable bonds is 5. The summed E-state index contributed by atoms with van der Waals surface area (Å²) in [6.45, 7) is 6.68. The van der Waals surface area contributed by atoms with Crippen molar-refractivity contribution in [3.8, 4) is 0 Å². The molecule has 1 N–H and O–H groups in total. The molecule has 0 saturated carbocycles. The van der Waals surface area contributed by atoms with Crippen molar-refractivity contribution in [2.24, 2.45) is 5.92 Å². The van der Waals surface area contributed by atoms with Crippen molar-refractivity contribution in [2.45, 2.75) is 44.9 Å². The molecule has 0 unspecified atom stereocenters. The highest BCUT2D eigenvalue weighted by atomic mass is 16.4. The molecule has 0 aromatic carbocycles. The number of hydrogen-bond acceptors (Lipinski definition) is 3. The van der Waals surface area contributed by atoms with E-state index in [9.17, 15) is 4.79 Å². The zero-order valence-electron chi connectivity index (χ0n) is 12.0. The summed E-state index contributed by atoms with van der Waals surface area (Å²) in [4.78, 5) is 15.6. The van der Waals surface area contributed by atoms with Gasteiger partial charge in [-0.1, -0.05) is 12.8 Å². The monoisotopic (exact) mass is 268 g/mol. The molecule has 0 spiro atoms. The van der Waals surface area contributed by atoms with Crippen LogP contribution in [0.25, 0.3) is 0 Å². The van der Waals surface area contributed by atoms with E-state index >= 15 is 0 Å². The maximum atomic E-state index is 10.6. The summed E-state index contributed by atoms with van der Waals surface area (Å²) >= 11 is 0. The normalized spacial score (nSPS) is 27.1. The molecule has 2 aliphatic rings. The second kappa shape index (κ2) is 7.85. The lowest BCUT2D eigenvalue weighted by molar-refractivity contribution is -0.137. The van der Waals surface area contributed by atoms with E-state index in [4.69, 9.17) is 5.11 Å². The van der Waals surface area contributed by atoms with Crippen LogP contribution in [-0.4, -0.2) is 60.1 Å². The van der Waals surface area contributed by atoms with Gasteiger partial charge in [-0.3, -0.25) is 4.79 Å². The summed E-state index contributed by atoms with van der Waals surface area (Å²) in [6, 6.07) is 0. The Balaban J connectivity index is 1.72. The van der Waals surface area contributed by atoms with E-state index in [0.29, 0.717) is 0 Å². The number of hydrogen-bond donors (Lipinski definition) is 1. The molecule has 2 aliphatic heterocycles. The molecule has 4 heteroatoms. The highest BCUT2D eigenvalue weighted by molar-refractivity contribution is 5.66. The largest absolute Gasteiger partial charge is 0.481 e. The number of piperidine rings is 1. The zero-order valence-corrected chi connectivity index (χ0v) is 12.0. The van der Waals surface area contributed by atoms with Gasteiger partial charge in [0.2, 0.25) is 0 Å². The van der Waals surface area contributed by atoms with Crippen LogP contribution in [0.2, 0.25) is 0 Å². The van der Waals surface area contributed by atoms with Gasteiger partial charge in [-0.05, 0) is 51.2 Å². The average molecular weight is 268 g/mol. The van der Waals surface area contributed by atoms with Crippen molar-refractivity contribution >= 4 is 5.97 Å². The lowest BCUT2D eigenvalue weighted by Crippen LogP contribution is -2.42. The SMILES string of the molecule is O=C(O)CCN1CCC[C@@H](CN2CCCCCC2)C1. The Morgan fingerprint density at radius 2 is 1.68 bits per heavy atom. The van der Waals surface area contributed by atoms with Crippen molar-refractivity contribution in [3.63, 3.8) is 0 Å². The van der Waals surface area contributed by atoms with Crippen LogP contribution < -0.4 is 0 Å². The van der Waals surface area contributed by atoms with E-state index in [1.54, 1.807) is 0 Å². The minimum Gasteiger partial charge on any atom is -0.481 e. The first kappa shape index (κ1) is 14.8. The lowest BCUT2D eigenvalue weighted by Gasteiger charge is -2.35. The summed E-state index contributed by atoms with van der Waals surface area (Å²) in [5.74, 6) is 0.0790. The molecule has 2 rings (SSSR count). The molecule has 1 atom stereocenters. The Bertz CT molecular complexity index is 275. The van der Waals surface area contributed by atoms with Gasteiger partial charge >= 0.3 is 5.97 Å². The second-order valence-corrected chi connectivity index (χ2v) is 6.17. The van der Waals surface area contributed by atoms with E-state index in [1.165, 1.54) is 58.2 Å². The van der Waals surface area contributed by atoms with E-state index in [-0.39, 0.29) is 6.42 Å². The Kier molecular flexibility index (Phi) is 6.11. The fraction of sp³-hybridized carbons (Fsp3) is 0.933. The molecule has 0 aromatic heterocycles. The predicted octanol–water partition coefficient (Wildman–Crippen LogP) is 2.05. The van der Waals surface area contributed by atoms with E-state index < -0.39 is 5.97 Å². The summed E-state index contributed by atoms with van der Waals surface area (Å²) in [5, 5.41) is 8.77. The lowest BCUT2D eigenvalue weighted by atomic mass is 9.97. The topological polar surface area (TPSA) is 43.8 Å². The van der Waals surface area contributed by atoms with Crippen molar-refractivity contribution in [3.05, 3.63) is 0 Å². The number of aliphatic carboxylic acids is 1. The zero-order chi connectivity index (χ0) is 13.5.